The number of benzene rings is 1. The SMILES string of the molecule is COC(=O)c1c(C)[nH]c(C(=O)C[NH+]2CC[NH+](C/C=C/c3ccccc3)CC2)c1C. The summed E-state index contributed by atoms with van der Waals surface area (Å²) in [5, 5.41) is 0. The number of rotatable bonds is 7. The third kappa shape index (κ3) is 5.22. The van der Waals surface area contributed by atoms with Gasteiger partial charge in [0.2, 0.25) is 5.78 Å². The van der Waals surface area contributed by atoms with E-state index in [1.54, 1.807) is 18.7 Å². The second kappa shape index (κ2) is 9.67. The zero-order valence-electron chi connectivity index (χ0n) is 17.5. The van der Waals surface area contributed by atoms with Crippen molar-refractivity contribution < 1.29 is 24.1 Å². The van der Waals surface area contributed by atoms with Gasteiger partial charge >= 0.3 is 5.97 Å². The summed E-state index contributed by atoms with van der Waals surface area (Å²) in [6.07, 6.45) is 4.41. The van der Waals surface area contributed by atoms with Crippen LogP contribution in [0, 0.1) is 13.8 Å². The summed E-state index contributed by atoms with van der Waals surface area (Å²) in [5.41, 5.74) is 3.62. The Hall–Kier alpha value is -2.70. The number of aryl methyl sites for hydroxylation is 1. The van der Waals surface area contributed by atoms with Gasteiger partial charge in [0.25, 0.3) is 0 Å². The van der Waals surface area contributed by atoms with Crippen molar-refractivity contribution in [1.82, 2.24) is 4.98 Å². The fourth-order valence-corrected chi connectivity index (χ4v) is 4.02. The molecule has 1 aromatic heterocycles. The van der Waals surface area contributed by atoms with Crippen molar-refractivity contribution in [2.45, 2.75) is 13.8 Å². The molecule has 1 fully saturated rings. The smallest absolute Gasteiger partial charge is 0.339 e. The predicted molar refractivity (Wildman–Crippen MR) is 113 cm³/mol. The number of quaternary nitrogens is 2. The van der Waals surface area contributed by atoms with Crippen LogP contribution < -0.4 is 9.80 Å². The lowest BCUT2D eigenvalue weighted by Crippen LogP contribution is -3.28. The van der Waals surface area contributed by atoms with Crippen LogP contribution in [0.5, 0.6) is 0 Å². The summed E-state index contributed by atoms with van der Waals surface area (Å²) in [7, 11) is 1.36. The summed E-state index contributed by atoms with van der Waals surface area (Å²) < 4.78 is 4.83. The van der Waals surface area contributed by atoms with Crippen LogP contribution in [0.3, 0.4) is 0 Å². The summed E-state index contributed by atoms with van der Waals surface area (Å²) in [5.74, 6) is -0.341. The van der Waals surface area contributed by atoms with Gasteiger partial charge in [-0.25, -0.2) is 4.79 Å². The summed E-state index contributed by atoms with van der Waals surface area (Å²) in [6, 6.07) is 10.3. The number of nitrogens with one attached hydrogen (secondary N) is 3. The zero-order chi connectivity index (χ0) is 20.8. The van der Waals surface area contributed by atoms with Crippen LogP contribution in [0.25, 0.3) is 6.08 Å². The van der Waals surface area contributed by atoms with E-state index in [1.807, 2.05) is 18.2 Å². The van der Waals surface area contributed by atoms with Crippen molar-refractivity contribution >= 4 is 17.8 Å². The first kappa shape index (κ1) is 21.0. The average Bonchev–Trinajstić information content (AvgIpc) is 3.03. The first-order valence-electron chi connectivity index (χ1n) is 10.2. The maximum atomic E-state index is 12.8. The maximum Gasteiger partial charge on any atom is 0.339 e. The molecule has 0 unspecified atom stereocenters. The number of methoxy groups -OCH3 is 1. The number of piperazine rings is 1. The highest BCUT2D eigenvalue weighted by atomic mass is 16.5. The molecule has 0 aliphatic carbocycles. The summed E-state index contributed by atoms with van der Waals surface area (Å²) in [4.78, 5) is 30.7. The lowest BCUT2D eigenvalue weighted by Gasteiger charge is -2.28. The quantitative estimate of drug-likeness (QED) is 0.459. The Labute approximate surface area is 172 Å². The van der Waals surface area contributed by atoms with Crippen LogP contribution in [-0.2, 0) is 4.74 Å². The van der Waals surface area contributed by atoms with Crippen molar-refractivity contribution in [3.05, 3.63) is 64.5 Å². The van der Waals surface area contributed by atoms with Gasteiger partial charge in [0.05, 0.1) is 24.9 Å². The van der Waals surface area contributed by atoms with E-state index in [2.05, 4.69) is 29.3 Å². The molecule has 6 nitrogen and oxygen atoms in total. The maximum absolute atomic E-state index is 12.8. The lowest BCUT2D eigenvalue weighted by molar-refractivity contribution is -1.01. The molecule has 29 heavy (non-hydrogen) atoms. The van der Waals surface area contributed by atoms with E-state index in [4.69, 9.17) is 4.74 Å². The fraction of sp³-hybridized carbons (Fsp3) is 0.391. The van der Waals surface area contributed by atoms with Gasteiger partial charge in [-0.3, -0.25) is 4.79 Å². The minimum absolute atomic E-state index is 0.0585. The topological polar surface area (TPSA) is 68.0 Å². The van der Waals surface area contributed by atoms with Crippen molar-refractivity contribution in [1.29, 1.82) is 0 Å². The number of Topliss-reactive ketones (excluding diaryl/α,β-unsaturated/α-hetero) is 1. The van der Waals surface area contributed by atoms with E-state index in [-0.39, 0.29) is 5.78 Å². The molecule has 6 heteroatoms. The predicted octanol–water partition coefficient (Wildman–Crippen LogP) is 0.0976. The molecule has 0 spiro atoms. The number of ether oxygens (including phenoxy) is 1. The molecule has 0 amide bonds. The van der Waals surface area contributed by atoms with E-state index < -0.39 is 5.97 Å². The van der Waals surface area contributed by atoms with Crippen molar-refractivity contribution in [3.8, 4) is 0 Å². The minimum atomic E-state index is -0.400. The first-order valence-corrected chi connectivity index (χ1v) is 10.2. The Morgan fingerprint density at radius 2 is 1.72 bits per heavy atom. The molecule has 154 valence electrons. The van der Waals surface area contributed by atoms with Gasteiger partial charge in [-0.05, 0) is 31.1 Å². The largest absolute Gasteiger partial charge is 0.465 e. The third-order valence-corrected chi connectivity index (χ3v) is 5.70. The number of ketones is 1. The van der Waals surface area contributed by atoms with Crippen molar-refractivity contribution in [2.24, 2.45) is 0 Å². The number of carbonyl (C=O) groups is 2. The summed E-state index contributed by atoms with van der Waals surface area (Å²) in [6.45, 7) is 9.12. The van der Waals surface area contributed by atoms with Crippen LogP contribution in [0.4, 0.5) is 0 Å². The number of carbonyl (C=O) groups excluding carboxylic acids is 2. The van der Waals surface area contributed by atoms with Crippen LogP contribution in [-0.4, -0.2) is 63.1 Å². The van der Waals surface area contributed by atoms with E-state index in [9.17, 15) is 9.59 Å². The standard InChI is InChI=1S/C23H29N3O3/c1-17-21(23(28)29-3)18(2)24-22(17)20(27)16-26-14-12-25(13-15-26)11-7-10-19-8-5-4-6-9-19/h4-10,24H,11-16H2,1-3H3/p+2/b10-7+. The highest BCUT2D eigenvalue weighted by Crippen LogP contribution is 2.18. The molecule has 0 saturated carbocycles. The van der Waals surface area contributed by atoms with Gasteiger partial charge in [0.15, 0.2) is 0 Å². The highest BCUT2D eigenvalue weighted by Gasteiger charge is 2.28. The molecule has 1 saturated heterocycles. The van der Waals surface area contributed by atoms with Crippen molar-refractivity contribution in [2.75, 3.05) is 46.4 Å². The molecule has 2 heterocycles. The highest BCUT2D eigenvalue weighted by molar-refractivity contribution is 6.01. The zero-order valence-corrected chi connectivity index (χ0v) is 17.5. The number of hydrogen-bond acceptors (Lipinski definition) is 3. The van der Waals surface area contributed by atoms with Crippen LogP contribution in [0.2, 0.25) is 0 Å². The van der Waals surface area contributed by atoms with E-state index >= 15 is 0 Å². The Bertz CT molecular complexity index is 878. The Kier molecular flexibility index (Phi) is 7.01. The van der Waals surface area contributed by atoms with E-state index in [0.717, 1.165) is 32.7 Å². The summed E-state index contributed by atoms with van der Waals surface area (Å²) >= 11 is 0. The van der Waals surface area contributed by atoms with Crippen LogP contribution in [0.1, 0.15) is 37.7 Å². The van der Waals surface area contributed by atoms with E-state index in [1.165, 1.54) is 17.6 Å². The van der Waals surface area contributed by atoms with Crippen molar-refractivity contribution in [3.63, 3.8) is 0 Å². The number of aromatic nitrogens is 1. The molecule has 1 aliphatic rings. The minimum Gasteiger partial charge on any atom is -0.465 e. The molecular weight excluding hydrogens is 366 g/mol. The first-order chi connectivity index (χ1) is 14.0. The Morgan fingerprint density at radius 3 is 2.38 bits per heavy atom. The molecule has 1 aromatic carbocycles. The molecule has 1 aliphatic heterocycles. The molecule has 0 radical (unpaired) electrons. The molecule has 2 aromatic rings. The van der Waals surface area contributed by atoms with Gasteiger partial charge < -0.3 is 19.5 Å². The Morgan fingerprint density at radius 1 is 1.07 bits per heavy atom. The second-order valence-corrected chi connectivity index (χ2v) is 7.73. The monoisotopic (exact) mass is 397 g/mol. The molecule has 3 rings (SSSR count). The van der Waals surface area contributed by atoms with Gasteiger partial charge in [0.1, 0.15) is 32.7 Å². The van der Waals surface area contributed by atoms with Crippen LogP contribution in [0.15, 0.2) is 36.4 Å². The Balaban J connectivity index is 1.50. The lowest BCUT2D eigenvalue weighted by atomic mass is 10.1. The third-order valence-electron chi connectivity index (χ3n) is 5.70. The molecule has 0 bridgehead atoms. The van der Waals surface area contributed by atoms with Gasteiger partial charge in [0, 0.05) is 5.69 Å². The second-order valence-electron chi connectivity index (χ2n) is 7.73. The number of hydrogen-bond donors (Lipinski definition) is 3. The van der Waals surface area contributed by atoms with Gasteiger partial charge in [-0.2, -0.15) is 0 Å². The molecule has 0 atom stereocenters. The van der Waals surface area contributed by atoms with Gasteiger partial charge in [-0.1, -0.05) is 36.4 Å². The fourth-order valence-electron chi connectivity index (χ4n) is 4.02. The van der Waals surface area contributed by atoms with Crippen LogP contribution >= 0.6 is 0 Å². The number of H-pyrrole nitrogens is 1. The molecule has 3 N–H and O–H groups in total. The number of aromatic amines is 1. The van der Waals surface area contributed by atoms with Gasteiger partial charge in [-0.15, -0.1) is 0 Å². The normalized spacial score (nSPS) is 19.4. The van der Waals surface area contributed by atoms with E-state index in [0.29, 0.717) is 29.1 Å². The average molecular weight is 398 g/mol. The number of esters is 1. The molecular formula is C23H31N3O3+2.